The molecule has 6 rings (SSSR count). The highest BCUT2D eigenvalue weighted by Gasteiger charge is 2.35. The lowest BCUT2D eigenvalue weighted by Gasteiger charge is -2.34. The molecule has 0 radical (unpaired) electrons. The molecule has 14 heteroatoms. The summed E-state index contributed by atoms with van der Waals surface area (Å²) in [5, 5.41) is 5.74. The first-order valence-corrected chi connectivity index (χ1v) is 20.6. The Morgan fingerprint density at radius 1 is 0.768 bits per heavy atom. The van der Waals surface area contributed by atoms with Gasteiger partial charge in [0.1, 0.15) is 5.82 Å². The Morgan fingerprint density at radius 3 is 2.02 bits per heavy atom. The number of sulfonamides is 1. The molecule has 2 fully saturated rings. The number of hydrogen-bond acceptors (Lipinski definition) is 8. The normalized spacial score (nSPS) is 17.3. The van der Waals surface area contributed by atoms with Crippen LogP contribution >= 0.6 is 0 Å². The topological polar surface area (TPSA) is 198 Å². The van der Waals surface area contributed by atoms with Gasteiger partial charge in [-0.1, -0.05) is 37.3 Å². The van der Waals surface area contributed by atoms with E-state index < -0.39 is 27.7 Å². The van der Waals surface area contributed by atoms with E-state index >= 15 is 0 Å². The van der Waals surface area contributed by atoms with Crippen LogP contribution in [0.25, 0.3) is 0 Å². The SMILES string of the molecule is CCN(C1CCC(C(N)=O)CC1)S(=O)(=O)c1cccc(C(=O)Nc2ccc(N3CCCCC3)nc2C(=O)Nc2ccc(CCc3ccc(C(N)=O)cc3)cc2)c1. The van der Waals surface area contributed by atoms with Crippen LogP contribution in [0.2, 0.25) is 0 Å². The number of nitrogens with one attached hydrogen (secondary N) is 2. The second-order valence-corrected chi connectivity index (χ2v) is 16.3. The van der Waals surface area contributed by atoms with E-state index in [9.17, 15) is 27.6 Å². The fraction of sp³-hybridized carbons (Fsp3) is 0.357. The summed E-state index contributed by atoms with van der Waals surface area (Å²) in [5.41, 5.74) is 14.3. The van der Waals surface area contributed by atoms with Gasteiger partial charge in [-0.05, 0) is 124 Å². The van der Waals surface area contributed by atoms with E-state index in [1.54, 1.807) is 31.2 Å². The number of anilines is 3. The van der Waals surface area contributed by atoms with Crippen molar-refractivity contribution in [1.29, 1.82) is 0 Å². The fourth-order valence-corrected chi connectivity index (χ4v) is 9.23. The maximum atomic E-state index is 13.9. The van der Waals surface area contributed by atoms with Crippen molar-refractivity contribution in [3.63, 3.8) is 0 Å². The van der Waals surface area contributed by atoms with E-state index in [-0.39, 0.29) is 46.3 Å². The number of carbonyl (C=O) groups excluding carboxylic acids is 4. The zero-order valence-electron chi connectivity index (χ0n) is 31.6. The van der Waals surface area contributed by atoms with Gasteiger partial charge >= 0.3 is 0 Å². The van der Waals surface area contributed by atoms with Gasteiger partial charge in [0.2, 0.25) is 21.8 Å². The van der Waals surface area contributed by atoms with Gasteiger partial charge in [-0.15, -0.1) is 0 Å². The second kappa shape index (κ2) is 17.9. The van der Waals surface area contributed by atoms with Crippen LogP contribution in [-0.2, 0) is 27.7 Å². The monoisotopic (exact) mass is 779 g/mol. The van der Waals surface area contributed by atoms with Gasteiger partial charge in [0.15, 0.2) is 5.69 Å². The van der Waals surface area contributed by atoms with Crippen LogP contribution in [0, 0.1) is 5.92 Å². The molecule has 1 aromatic heterocycles. The van der Waals surface area contributed by atoms with Crippen molar-refractivity contribution in [3.8, 4) is 0 Å². The first-order chi connectivity index (χ1) is 26.9. The van der Waals surface area contributed by atoms with Gasteiger partial charge in [-0.25, -0.2) is 13.4 Å². The number of amides is 4. The number of aryl methyl sites for hydroxylation is 2. The smallest absolute Gasteiger partial charge is 0.276 e. The summed E-state index contributed by atoms with van der Waals surface area (Å²) in [7, 11) is -3.98. The van der Waals surface area contributed by atoms with E-state index in [0.29, 0.717) is 42.8 Å². The number of benzene rings is 3. The number of hydrogen-bond donors (Lipinski definition) is 4. The second-order valence-electron chi connectivity index (χ2n) is 14.4. The maximum absolute atomic E-state index is 13.9. The minimum absolute atomic E-state index is 0.0231. The predicted octanol–water partition coefficient (Wildman–Crippen LogP) is 5.52. The van der Waals surface area contributed by atoms with Crippen molar-refractivity contribution in [3.05, 3.63) is 113 Å². The fourth-order valence-electron chi connectivity index (χ4n) is 7.49. The molecule has 1 saturated carbocycles. The number of nitrogens with zero attached hydrogens (tertiary/aromatic N) is 3. The standard InChI is InChI=1S/C42H49N7O6S/c1-2-49(34-21-17-31(18-22-34)40(44)51)56(54,55)35-8-6-7-32(27-35)41(52)46-36-23-24-37(48-25-4-3-5-26-48)47-38(36)42(53)45-33-19-13-29(14-20-33)10-9-28-11-15-30(16-12-28)39(43)50/h6-8,11-16,19-20,23-24,27,31,34H,2-5,9-10,17-18,21-22,25-26H2,1H3,(H2,43,50)(H2,44,51)(H,45,53)(H,46,52). The molecule has 1 aliphatic carbocycles. The van der Waals surface area contributed by atoms with Crippen LogP contribution in [0.15, 0.2) is 89.8 Å². The third-order valence-electron chi connectivity index (χ3n) is 10.7. The molecule has 0 unspecified atom stereocenters. The van der Waals surface area contributed by atoms with E-state index in [1.807, 2.05) is 36.4 Å². The van der Waals surface area contributed by atoms with Crippen molar-refractivity contribution < 1.29 is 27.6 Å². The van der Waals surface area contributed by atoms with Gasteiger partial charge in [0.05, 0.1) is 10.6 Å². The molecule has 0 atom stereocenters. The summed E-state index contributed by atoms with van der Waals surface area (Å²) < 4.78 is 29.2. The van der Waals surface area contributed by atoms with E-state index in [4.69, 9.17) is 16.5 Å². The van der Waals surface area contributed by atoms with Gasteiger partial charge in [0.25, 0.3) is 11.8 Å². The summed E-state index contributed by atoms with van der Waals surface area (Å²) in [4.78, 5) is 57.5. The molecule has 56 heavy (non-hydrogen) atoms. The molecule has 13 nitrogen and oxygen atoms in total. The van der Waals surface area contributed by atoms with Gasteiger partial charge < -0.3 is 27.0 Å². The number of pyridine rings is 1. The number of rotatable bonds is 14. The summed E-state index contributed by atoms with van der Waals surface area (Å²) in [5.74, 6) is -1.56. The highest BCUT2D eigenvalue weighted by molar-refractivity contribution is 7.89. The van der Waals surface area contributed by atoms with E-state index in [2.05, 4.69) is 15.5 Å². The third kappa shape index (κ3) is 9.61. The molecule has 2 heterocycles. The molecule has 1 saturated heterocycles. The molecule has 294 valence electrons. The molecule has 1 aliphatic heterocycles. The maximum Gasteiger partial charge on any atom is 0.276 e. The zero-order chi connectivity index (χ0) is 39.8. The van der Waals surface area contributed by atoms with Crippen LogP contribution in [0.5, 0.6) is 0 Å². The first kappa shape index (κ1) is 40.1. The average Bonchev–Trinajstić information content (AvgIpc) is 3.21. The first-order valence-electron chi connectivity index (χ1n) is 19.2. The minimum atomic E-state index is -3.98. The molecular weight excluding hydrogens is 731 g/mol. The number of primary amides is 2. The zero-order valence-corrected chi connectivity index (χ0v) is 32.4. The number of piperidine rings is 1. The minimum Gasteiger partial charge on any atom is -0.369 e. The summed E-state index contributed by atoms with van der Waals surface area (Å²) in [6, 6.07) is 23.7. The van der Waals surface area contributed by atoms with Crippen LogP contribution < -0.4 is 27.0 Å². The van der Waals surface area contributed by atoms with Gasteiger partial charge in [-0.3, -0.25) is 19.2 Å². The Bertz CT molecular complexity index is 2160. The van der Waals surface area contributed by atoms with Gasteiger partial charge in [0, 0.05) is 48.4 Å². The lowest BCUT2D eigenvalue weighted by Crippen LogP contribution is -2.43. The van der Waals surface area contributed by atoms with Crippen molar-refractivity contribution >= 4 is 50.8 Å². The number of carbonyl (C=O) groups is 4. The van der Waals surface area contributed by atoms with E-state index in [0.717, 1.165) is 56.3 Å². The van der Waals surface area contributed by atoms with Crippen LogP contribution in [-0.4, -0.2) is 67.0 Å². The van der Waals surface area contributed by atoms with Crippen LogP contribution in [0.3, 0.4) is 0 Å². The molecule has 3 aromatic carbocycles. The van der Waals surface area contributed by atoms with Crippen molar-refractivity contribution in [2.75, 3.05) is 35.2 Å². The van der Waals surface area contributed by atoms with Crippen molar-refractivity contribution in [2.45, 2.75) is 75.6 Å². The molecular formula is C42H49N7O6S. The molecule has 6 N–H and O–H groups in total. The number of aromatic nitrogens is 1. The summed E-state index contributed by atoms with van der Waals surface area (Å²) in [6.45, 7) is 3.61. The molecule has 0 bridgehead atoms. The van der Waals surface area contributed by atoms with Crippen molar-refractivity contribution in [2.24, 2.45) is 17.4 Å². The average molecular weight is 780 g/mol. The molecule has 2 aliphatic rings. The largest absolute Gasteiger partial charge is 0.369 e. The Kier molecular flexibility index (Phi) is 12.8. The molecule has 4 amide bonds. The predicted molar refractivity (Wildman–Crippen MR) is 216 cm³/mol. The Labute approximate surface area is 327 Å². The Hall–Kier alpha value is -5.60. The Balaban J connectivity index is 1.17. The number of nitrogens with two attached hydrogens (primary N) is 2. The Morgan fingerprint density at radius 2 is 1.41 bits per heavy atom. The van der Waals surface area contributed by atoms with Crippen LogP contribution in [0.1, 0.15) is 94.2 Å². The summed E-state index contributed by atoms with van der Waals surface area (Å²) in [6.07, 6.45) is 6.73. The summed E-state index contributed by atoms with van der Waals surface area (Å²) >= 11 is 0. The lowest BCUT2D eigenvalue weighted by molar-refractivity contribution is -0.122. The van der Waals surface area contributed by atoms with E-state index in [1.165, 1.54) is 28.6 Å². The quantitative estimate of drug-likeness (QED) is 0.128. The molecule has 4 aromatic rings. The third-order valence-corrected chi connectivity index (χ3v) is 12.7. The van der Waals surface area contributed by atoms with Crippen molar-refractivity contribution in [1.82, 2.24) is 9.29 Å². The van der Waals surface area contributed by atoms with Crippen LogP contribution in [0.4, 0.5) is 17.2 Å². The molecule has 0 spiro atoms. The van der Waals surface area contributed by atoms with Gasteiger partial charge in [-0.2, -0.15) is 4.31 Å². The highest BCUT2D eigenvalue weighted by Crippen LogP contribution is 2.31. The highest BCUT2D eigenvalue weighted by atomic mass is 32.2. The lowest BCUT2D eigenvalue weighted by atomic mass is 9.85.